The predicted molar refractivity (Wildman–Crippen MR) is 92.7 cm³/mol. The number of rotatable bonds is 5. The summed E-state index contributed by atoms with van der Waals surface area (Å²) in [7, 11) is 0. The van der Waals surface area contributed by atoms with Gasteiger partial charge in [0.05, 0.1) is 5.88 Å². The number of carbonyl (C=O) groups is 2. The number of pyridine rings is 1. The fraction of sp³-hybridized carbons (Fsp3) is 0.471. The van der Waals surface area contributed by atoms with Crippen molar-refractivity contribution in [2.45, 2.75) is 39.4 Å². The van der Waals surface area contributed by atoms with E-state index >= 15 is 0 Å². The second-order valence-electron chi connectivity index (χ2n) is 5.74. The van der Waals surface area contributed by atoms with Gasteiger partial charge in [-0.15, -0.1) is 11.8 Å². The van der Waals surface area contributed by atoms with Gasteiger partial charge in [-0.25, -0.2) is 0 Å². The number of aromatic nitrogens is 1. The summed E-state index contributed by atoms with van der Waals surface area (Å²) in [5, 5.41) is 0. The van der Waals surface area contributed by atoms with Crippen molar-refractivity contribution in [2.24, 2.45) is 0 Å². The van der Waals surface area contributed by atoms with Crippen molar-refractivity contribution in [1.82, 2.24) is 14.8 Å². The molecule has 1 aromatic rings. The predicted octanol–water partition coefficient (Wildman–Crippen LogP) is 2.30. The zero-order valence-corrected chi connectivity index (χ0v) is 14.6. The first kappa shape index (κ1) is 17.5. The Morgan fingerprint density at radius 1 is 1.52 bits per heavy atom. The average molecular weight is 333 g/mol. The van der Waals surface area contributed by atoms with Gasteiger partial charge in [-0.05, 0) is 38.5 Å². The molecule has 1 aromatic heterocycles. The van der Waals surface area contributed by atoms with Crippen LogP contribution >= 0.6 is 11.8 Å². The van der Waals surface area contributed by atoms with Crippen molar-refractivity contribution in [3.63, 3.8) is 0 Å². The van der Waals surface area contributed by atoms with Crippen LogP contribution in [0.2, 0.25) is 0 Å². The highest BCUT2D eigenvalue weighted by Crippen LogP contribution is 2.24. The Bertz CT molecular complexity index is 574. The molecule has 5 nitrogen and oxygen atoms in total. The summed E-state index contributed by atoms with van der Waals surface area (Å²) in [6.45, 7) is 6.31. The topological polar surface area (TPSA) is 53.5 Å². The molecule has 1 aliphatic heterocycles. The van der Waals surface area contributed by atoms with E-state index < -0.39 is 0 Å². The zero-order chi connectivity index (χ0) is 16.8. The zero-order valence-electron chi connectivity index (χ0n) is 13.8. The van der Waals surface area contributed by atoms with E-state index in [4.69, 9.17) is 0 Å². The fourth-order valence-corrected chi connectivity index (χ4v) is 3.65. The van der Waals surface area contributed by atoms with Crippen LogP contribution in [0, 0.1) is 0 Å². The maximum atomic E-state index is 13.0. The van der Waals surface area contributed by atoms with Gasteiger partial charge < -0.3 is 9.80 Å². The van der Waals surface area contributed by atoms with Crippen molar-refractivity contribution in [3.8, 4) is 0 Å². The molecule has 6 heteroatoms. The lowest BCUT2D eigenvalue weighted by Crippen LogP contribution is -2.50. The molecule has 1 atom stereocenters. The molecule has 0 saturated carbocycles. The Morgan fingerprint density at radius 2 is 2.30 bits per heavy atom. The van der Waals surface area contributed by atoms with Crippen LogP contribution in [0.3, 0.4) is 0 Å². The van der Waals surface area contributed by atoms with Gasteiger partial charge in [0.15, 0.2) is 0 Å². The number of thioether (sulfide) groups is 1. The van der Waals surface area contributed by atoms with E-state index in [2.05, 4.69) is 4.98 Å². The number of hydrogen-bond acceptors (Lipinski definition) is 4. The lowest BCUT2D eigenvalue weighted by Gasteiger charge is -2.32. The summed E-state index contributed by atoms with van der Waals surface area (Å²) in [6.07, 6.45) is 6.72. The van der Waals surface area contributed by atoms with E-state index in [-0.39, 0.29) is 23.9 Å². The molecule has 2 heterocycles. The van der Waals surface area contributed by atoms with E-state index in [1.54, 1.807) is 42.1 Å². The number of nitrogens with zero attached hydrogens (tertiary/aromatic N) is 3. The summed E-state index contributed by atoms with van der Waals surface area (Å²) < 4.78 is 0. The summed E-state index contributed by atoms with van der Waals surface area (Å²) in [4.78, 5) is 32.7. The molecule has 0 bridgehead atoms. The van der Waals surface area contributed by atoms with Gasteiger partial charge in [-0.2, -0.15) is 0 Å². The Balaban J connectivity index is 2.15. The molecule has 1 saturated heterocycles. The molecule has 2 amide bonds. The largest absolute Gasteiger partial charge is 0.334 e. The van der Waals surface area contributed by atoms with Crippen LogP contribution in [0.5, 0.6) is 0 Å². The van der Waals surface area contributed by atoms with Crippen LogP contribution in [0.25, 0.3) is 0 Å². The molecule has 0 unspecified atom stereocenters. The van der Waals surface area contributed by atoms with Crippen molar-refractivity contribution >= 4 is 23.6 Å². The molecule has 0 spiro atoms. The van der Waals surface area contributed by atoms with Gasteiger partial charge in [0.1, 0.15) is 6.04 Å². The first-order chi connectivity index (χ1) is 11.0. The third kappa shape index (κ3) is 4.34. The Hall–Kier alpha value is -1.82. The van der Waals surface area contributed by atoms with Crippen LogP contribution in [0.1, 0.15) is 26.3 Å². The van der Waals surface area contributed by atoms with E-state index in [0.717, 1.165) is 5.56 Å². The van der Waals surface area contributed by atoms with Gasteiger partial charge in [0.2, 0.25) is 11.8 Å². The molecule has 2 rings (SSSR count). The maximum absolute atomic E-state index is 13.0. The Labute approximate surface area is 141 Å². The Kier molecular flexibility index (Phi) is 6.21. The Morgan fingerprint density at radius 3 is 2.91 bits per heavy atom. The van der Waals surface area contributed by atoms with Crippen molar-refractivity contribution < 1.29 is 9.59 Å². The van der Waals surface area contributed by atoms with Crippen LogP contribution in [-0.2, 0) is 16.1 Å². The molecule has 1 fully saturated rings. The molecule has 0 radical (unpaired) electrons. The number of amides is 2. The SMILES string of the molecule is C/C=C/C(=O)N1CSC[C@@H]1C(=O)N(Cc1cccnc1)C(C)C. The summed E-state index contributed by atoms with van der Waals surface area (Å²) >= 11 is 1.62. The average Bonchev–Trinajstić information content (AvgIpc) is 3.02. The second-order valence-corrected chi connectivity index (χ2v) is 6.74. The molecule has 124 valence electrons. The quantitative estimate of drug-likeness (QED) is 0.776. The number of carbonyl (C=O) groups excluding carboxylic acids is 2. The van der Waals surface area contributed by atoms with Gasteiger partial charge in [0, 0.05) is 30.7 Å². The molecule has 0 aromatic carbocycles. The van der Waals surface area contributed by atoms with E-state index in [1.165, 1.54) is 6.08 Å². The minimum absolute atomic E-state index is 0.00621. The first-order valence-corrected chi connectivity index (χ1v) is 8.90. The van der Waals surface area contributed by atoms with Crippen LogP contribution in [0.4, 0.5) is 0 Å². The smallest absolute Gasteiger partial charge is 0.247 e. The third-order valence-electron chi connectivity index (χ3n) is 3.74. The van der Waals surface area contributed by atoms with Crippen molar-refractivity contribution in [2.75, 3.05) is 11.6 Å². The van der Waals surface area contributed by atoms with Crippen LogP contribution < -0.4 is 0 Å². The standard InChI is InChI=1S/C17H23N3O2S/c1-4-6-16(21)20-12-23-11-15(20)17(22)19(13(2)3)10-14-7-5-8-18-9-14/h4-9,13,15H,10-12H2,1-3H3/b6-4+/t15-/m1/s1. The lowest BCUT2D eigenvalue weighted by molar-refractivity contribution is -0.143. The fourth-order valence-electron chi connectivity index (χ4n) is 2.50. The van der Waals surface area contributed by atoms with Gasteiger partial charge in [-0.3, -0.25) is 14.6 Å². The molecule has 1 aliphatic rings. The molecule has 0 aliphatic carbocycles. The van der Waals surface area contributed by atoms with Crippen molar-refractivity contribution in [1.29, 1.82) is 0 Å². The minimum Gasteiger partial charge on any atom is -0.334 e. The molecular weight excluding hydrogens is 310 g/mol. The van der Waals surface area contributed by atoms with E-state index in [0.29, 0.717) is 18.2 Å². The third-order valence-corrected chi connectivity index (χ3v) is 4.75. The van der Waals surface area contributed by atoms with Crippen LogP contribution in [0.15, 0.2) is 36.7 Å². The summed E-state index contributed by atoms with van der Waals surface area (Å²) in [6, 6.07) is 3.50. The van der Waals surface area contributed by atoms with Crippen LogP contribution in [-0.4, -0.2) is 50.3 Å². The molecular formula is C17H23N3O2S. The highest BCUT2D eigenvalue weighted by atomic mass is 32.2. The lowest BCUT2D eigenvalue weighted by atomic mass is 10.1. The van der Waals surface area contributed by atoms with Gasteiger partial charge >= 0.3 is 0 Å². The number of allylic oxidation sites excluding steroid dienone is 1. The highest BCUT2D eigenvalue weighted by molar-refractivity contribution is 7.99. The second kappa shape index (κ2) is 8.15. The number of hydrogen-bond donors (Lipinski definition) is 0. The summed E-state index contributed by atoms with van der Waals surface area (Å²) in [5.74, 6) is 1.13. The first-order valence-electron chi connectivity index (χ1n) is 7.75. The highest BCUT2D eigenvalue weighted by Gasteiger charge is 2.36. The molecule has 23 heavy (non-hydrogen) atoms. The van der Waals surface area contributed by atoms with Gasteiger partial charge in [0.25, 0.3) is 0 Å². The summed E-state index contributed by atoms with van der Waals surface area (Å²) in [5.41, 5.74) is 0.992. The van der Waals surface area contributed by atoms with Gasteiger partial charge in [-0.1, -0.05) is 12.1 Å². The molecule has 0 N–H and O–H groups in total. The van der Waals surface area contributed by atoms with Crippen molar-refractivity contribution in [3.05, 3.63) is 42.2 Å². The monoisotopic (exact) mass is 333 g/mol. The minimum atomic E-state index is -0.386. The van der Waals surface area contributed by atoms with E-state index in [9.17, 15) is 9.59 Å². The van der Waals surface area contributed by atoms with E-state index in [1.807, 2.05) is 30.9 Å². The maximum Gasteiger partial charge on any atom is 0.247 e. The normalized spacial score (nSPS) is 17.9.